The van der Waals surface area contributed by atoms with Gasteiger partial charge in [0.05, 0.1) is 27.6 Å². The van der Waals surface area contributed by atoms with Crippen LogP contribution in [0.2, 0.25) is 0 Å². The van der Waals surface area contributed by atoms with Crippen LogP contribution in [0.4, 0.5) is 0 Å². The molecule has 9 aromatic rings. The summed E-state index contributed by atoms with van der Waals surface area (Å²) in [5.74, 6) is 0.952. The second kappa shape index (κ2) is 10.7. The first kappa shape index (κ1) is 27.0. The van der Waals surface area contributed by atoms with Crippen LogP contribution in [0.25, 0.3) is 82.7 Å². The minimum Gasteiger partial charge on any atom is -0.309 e. The first-order valence-corrected chi connectivity index (χ1v) is 16.7. The summed E-state index contributed by atoms with van der Waals surface area (Å²) in [6, 6.07) is 52.8. The lowest BCUT2D eigenvalue weighted by molar-refractivity contribution is 1.05. The first-order chi connectivity index (χ1) is 23.8. The summed E-state index contributed by atoms with van der Waals surface area (Å²) < 4.78 is 4.72. The Labute approximate surface area is 278 Å². The lowest BCUT2D eigenvalue weighted by Gasteiger charge is -2.16. The van der Waals surface area contributed by atoms with Crippen molar-refractivity contribution in [3.05, 3.63) is 169 Å². The number of aromatic nitrogens is 3. The summed E-state index contributed by atoms with van der Waals surface area (Å²) in [7, 11) is 0. The number of hydrogen-bond acceptors (Lipinski definition) is 1. The zero-order valence-electron chi connectivity index (χ0n) is 26.3. The largest absolute Gasteiger partial charge is 0.309 e. The van der Waals surface area contributed by atoms with E-state index in [9.17, 15) is 0 Å². The van der Waals surface area contributed by atoms with E-state index in [1.165, 1.54) is 65.9 Å². The highest BCUT2D eigenvalue weighted by atomic mass is 15.1. The summed E-state index contributed by atoms with van der Waals surface area (Å²) in [6.45, 7) is 0. The Morgan fingerprint density at radius 1 is 0.479 bits per heavy atom. The van der Waals surface area contributed by atoms with Crippen LogP contribution in [0.1, 0.15) is 18.4 Å². The fraction of sp³-hybridized carbons (Fsp3) is 0.0444. The van der Waals surface area contributed by atoms with Crippen molar-refractivity contribution in [1.82, 2.24) is 14.1 Å². The van der Waals surface area contributed by atoms with Crippen LogP contribution in [0.3, 0.4) is 0 Å². The number of nitrogens with zero attached hydrogens (tertiary/aromatic N) is 3. The standard InChI is InChI=1S/C45H31N3/c1-3-13-30(14-4-1)37-29-45(46-40-20-10-7-17-34(37)40)48-42-22-12-9-19-36(42)39-28-32(24-26-44(39)48)31-23-25-43-38(27-31)35-18-8-11-21-41(35)47(43)33-15-5-2-6-16-33/h1-3,5-13,15-29H,4,14H2. The summed E-state index contributed by atoms with van der Waals surface area (Å²) in [5.41, 5.74) is 12.0. The molecule has 0 saturated carbocycles. The van der Waals surface area contributed by atoms with Crippen LogP contribution >= 0.6 is 0 Å². The molecule has 226 valence electrons. The van der Waals surface area contributed by atoms with Gasteiger partial charge in [-0.25, -0.2) is 4.98 Å². The molecule has 3 nitrogen and oxygen atoms in total. The molecule has 3 aromatic heterocycles. The Morgan fingerprint density at radius 2 is 1.06 bits per heavy atom. The molecular weight excluding hydrogens is 583 g/mol. The maximum absolute atomic E-state index is 5.26. The Kier molecular flexibility index (Phi) is 6.00. The van der Waals surface area contributed by atoms with Crippen molar-refractivity contribution in [3.63, 3.8) is 0 Å². The minimum atomic E-state index is 0.952. The fourth-order valence-corrected chi connectivity index (χ4v) is 7.78. The number of para-hydroxylation sites is 4. The maximum atomic E-state index is 5.26. The second-order valence-electron chi connectivity index (χ2n) is 12.7. The van der Waals surface area contributed by atoms with Gasteiger partial charge in [0, 0.05) is 32.6 Å². The van der Waals surface area contributed by atoms with Crippen molar-refractivity contribution in [2.45, 2.75) is 12.8 Å². The molecule has 0 fully saturated rings. The minimum absolute atomic E-state index is 0.952. The number of fused-ring (bicyclic) bond motifs is 7. The van der Waals surface area contributed by atoms with Crippen molar-refractivity contribution in [2.24, 2.45) is 0 Å². The number of allylic oxidation sites excluding steroid dienone is 4. The van der Waals surface area contributed by atoms with Crippen LogP contribution in [0, 0.1) is 0 Å². The zero-order chi connectivity index (χ0) is 31.6. The lowest BCUT2D eigenvalue weighted by atomic mass is 9.94. The Hall–Kier alpha value is -6.19. The summed E-state index contributed by atoms with van der Waals surface area (Å²) >= 11 is 0. The lowest BCUT2D eigenvalue weighted by Crippen LogP contribution is -2.01. The quantitative estimate of drug-likeness (QED) is 0.194. The van der Waals surface area contributed by atoms with Crippen molar-refractivity contribution in [3.8, 4) is 22.6 Å². The van der Waals surface area contributed by atoms with E-state index in [2.05, 4.69) is 173 Å². The van der Waals surface area contributed by atoms with Crippen LogP contribution in [0.5, 0.6) is 0 Å². The van der Waals surface area contributed by atoms with E-state index < -0.39 is 0 Å². The molecule has 48 heavy (non-hydrogen) atoms. The van der Waals surface area contributed by atoms with Crippen LogP contribution in [0.15, 0.2) is 164 Å². The van der Waals surface area contributed by atoms with E-state index in [0.29, 0.717) is 0 Å². The van der Waals surface area contributed by atoms with Crippen molar-refractivity contribution in [2.75, 3.05) is 0 Å². The highest BCUT2D eigenvalue weighted by Gasteiger charge is 2.18. The third-order valence-corrected chi connectivity index (χ3v) is 9.98. The van der Waals surface area contributed by atoms with E-state index in [4.69, 9.17) is 4.98 Å². The normalized spacial score (nSPS) is 13.3. The van der Waals surface area contributed by atoms with Crippen molar-refractivity contribution < 1.29 is 0 Å². The van der Waals surface area contributed by atoms with Crippen LogP contribution in [-0.2, 0) is 0 Å². The second-order valence-corrected chi connectivity index (χ2v) is 12.7. The predicted octanol–water partition coefficient (Wildman–Crippen LogP) is 11.8. The Morgan fingerprint density at radius 3 is 1.75 bits per heavy atom. The molecule has 0 radical (unpaired) electrons. The van der Waals surface area contributed by atoms with Gasteiger partial charge in [0.1, 0.15) is 5.82 Å². The molecule has 0 bridgehead atoms. The van der Waals surface area contributed by atoms with E-state index in [1.54, 1.807) is 0 Å². The van der Waals surface area contributed by atoms with E-state index >= 15 is 0 Å². The molecule has 3 heterocycles. The van der Waals surface area contributed by atoms with Crippen LogP contribution in [-0.4, -0.2) is 14.1 Å². The topological polar surface area (TPSA) is 22.8 Å². The van der Waals surface area contributed by atoms with Gasteiger partial charge in [-0.1, -0.05) is 103 Å². The van der Waals surface area contributed by atoms with Gasteiger partial charge < -0.3 is 4.57 Å². The Balaban J connectivity index is 1.18. The number of hydrogen-bond donors (Lipinski definition) is 0. The van der Waals surface area contributed by atoms with Gasteiger partial charge in [0.25, 0.3) is 0 Å². The highest BCUT2D eigenvalue weighted by Crippen LogP contribution is 2.39. The maximum Gasteiger partial charge on any atom is 0.138 e. The molecule has 0 saturated heterocycles. The van der Waals surface area contributed by atoms with Gasteiger partial charge in [-0.3, -0.25) is 4.57 Å². The third kappa shape index (κ3) is 4.11. The molecule has 0 N–H and O–H groups in total. The molecule has 0 spiro atoms. The SMILES string of the molecule is C1=CCCC(c2cc(-n3c4ccccc4c4cc(-c5ccc6c(c5)c5ccccc5n6-c5ccccc5)ccc43)nc3ccccc23)=C1. The molecule has 0 unspecified atom stereocenters. The molecule has 1 aliphatic rings. The van der Waals surface area contributed by atoms with Gasteiger partial charge in [0.15, 0.2) is 0 Å². The predicted molar refractivity (Wildman–Crippen MR) is 202 cm³/mol. The number of rotatable bonds is 4. The fourth-order valence-electron chi connectivity index (χ4n) is 7.78. The average molecular weight is 614 g/mol. The molecule has 1 aliphatic carbocycles. The third-order valence-electron chi connectivity index (χ3n) is 9.98. The van der Waals surface area contributed by atoms with Gasteiger partial charge in [-0.15, -0.1) is 0 Å². The smallest absolute Gasteiger partial charge is 0.138 e. The zero-order valence-corrected chi connectivity index (χ0v) is 26.3. The van der Waals surface area contributed by atoms with E-state index in [-0.39, 0.29) is 0 Å². The number of pyridine rings is 1. The van der Waals surface area contributed by atoms with Crippen molar-refractivity contribution in [1.29, 1.82) is 0 Å². The molecule has 10 rings (SSSR count). The van der Waals surface area contributed by atoms with Gasteiger partial charge in [-0.2, -0.15) is 0 Å². The first-order valence-electron chi connectivity index (χ1n) is 16.7. The molecule has 0 amide bonds. The summed E-state index contributed by atoms with van der Waals surface area (Å²) in [6.07, 6.45) is 8.80. The van der Waals surface area contributed by atoms with Gasteiger partial charge in [-0.05, 0) is 95.8 Å². The van der Waals surface area contributed by atoms with Gasteiger partial charge >= 0.3 is 0 Å². The Bertz CT molecular complexity index is 2770. The van der Waals surface area contributed by atoms with Crippen molar-refractivity contribution >= 4 is 60.1 Å². The molecule has 6 aromatic carbocycles. The highest BCUT2D eigenvalue weighted by molar-refractivity contribution is 6.12. The van der Waals surface area contributed by atoms with E-state index in [0.717, 1.165) is 35.2 Å². The van der Waals surface area contributed by atoms with E-state index in [1.807, 2.05) is 0 Å². The summed E-state index contributed by atoms with van der Waals surface area (Å²) in [5, 5.41) is 6.18. The average Bonchev–Trinajstić information content (AvgIpc) is 3.67. The summed E-state index contributed by atoms with van der Waals surface area (Å²) in [4.78, 5) is 5.26. The van der Waals surface area contributed by atoms with Gasteiger partial charge in [0.2, 0.25) is 0 Å². The number of benzene rings is 6. The monoisotopic (exact) mass is 613 g/mol. The molecular formula is C45H31N3. The molecule has 0 atom stereocenters. The molecule has 3 heteroatoms. The van der Waals surface area contributed by atoms with Crippen LogP contribution < -0.4 is 0 Å². The molecule has 0 aliphatic heterocycles.